The number of carboxylic acids is 1. The lowest BCUT2D eigenvalue weighted by atomic mass is 9.76. The molecular formula is C18H22INO4. The number of rotatable bonds is 4. The van der Waals surface area contributed by atoms with Gasteiger partial charge in [0.05, 0.1) is 12.0 Å². The van der Waals surface area contributed by atoms with Crippen LogP contribution in [0.4, 0.5) is 0 Å². The van der Waals surface area contributed by atoms with Gasteiger partial charge < -0.3 is 15.2 Å². The summed E-state index contributed by atoms with van der Waals surface area (Å²) in [5, 5.41) is 19.5. The zero-order valence-corrected chi connectivity index (χ0v) is 16.4. The van der Waals surface area contributed by atoms with Crippen LogP contribution in [0.15, 0.2) is 17.1 Å². The molecule has 0 aliphatic carbocycles. The Kier molecular flexibility index (Phi) is 5.39. The number of benzene rings is 1. The third kappa shape index (κ3) is 3.21. The summed E-state index contributed by atoms with van der Waals surface area (Å²) in [7, 11) is 0. The van der Waals surface area contributed by atoms with Gasteiger partial charge >= 0.3 is 5.97 Å². The van der Waals surface area contributed by atoms with Crippen molar-refractivity contribution < 1.29 is 15.0 Å². The van der Waals surface area contributed by atoms with Gasteiger partial charge in [-0.2, -0.15) is 0 Å². The van der Waals surface area contributed by atoms with E-state index in [9.17, 15) is 19.8 Å². The van der Waals surface area contributed by atoms with Crippen LogP contribution in [-0.2, 0) is 6.42 Å². The molecule has 1 atom stereocenters. The molecule has 1 aromatic heterocycles. The monoisotopic (exact) mass is 443 g/mol. The first-order valence-electron chi connectivity index (χ1n) is 7.84. The molecule has 0 spiro atoms. The molecule has 24 heavy (non-hydrogen) atoms. The molecule has 0 aliphatic rings. The number of aryl methyl sites for hydroxylation is 1. The first-order chi connectivity index (χ1) is 11.1. The van der Waals surface area contributed by atoms with Gasteiger partial charge in [-0.05, 0) is 51.6 Å². The molecule has 5 nitrogen and oxygen atoms in total. The number of hydrogen-bond acceptors (Lipinski definition) is 3. The highest BCUT2D eigenvalue weighted by atomic mass is 127. The second kappa shape index (κ2) is 6.84. The number of pyridine rings is 1. The summed E-state index contributed by atoms with van der Waals surface area (Å²) in [5.74, 6) is -1.32. The molecule has 1 aromatic carbocycles. The first-order valence-corrected chi connectivity index (χ1v) is 8.92. The second-order valence-corrected chi connectivity index (χ2v) is 8.05. The molecule has 0 saturated carbocycles. The van der Waals surface area contributed by atoms with E-state index in [1.165, 1.54) is 6.20 Å². The maximum atomic E-state index is 12.6. The maximum absolute atomic E-state index is 12.6. The number of aliphatic hydroxyl groups is 1. The highest BCUT2D eigenvalue weighted by Gasteiger charge is 2.29. The third-order valence-electron chi connectivity index (χ3n) is 4.42. The number of fused-ring (bicyclic) bond motifs is 1. The van der Waals surface area contributed by atoms with E-state index in [-0.39, 0.29) is 23.5 Å². The minimum absolute atomic E-state index is 0.00556. The Labute approximate surface area is 154 Å². The molecule has 0 bridgehead atoms. The van der Waals surface area contributed by atoms with Gasteiger partial charge in [-0.25, -0.2) is 4.79 Å². The predicted octanol–water partition coefficient (Wildman–Crippen LogP) is 3.52. The summed E-state index contributed by atoms with van der Waals surface area (Å²) in [6, 6.07) is 1.87. The van der Waals surface area contributed by atoms with Gasteiger partial charge in [-0.3, -0.25) is 4.79 Å². The number of aromatic amines is 1. The quantitative estimate of drug-likeness (QED) is 0.631. The number of aliphatic hydroxyl groups excluding tert-OH is 1. The number of carbonyl (C=O) groups is 1. The van der Waals surface area contributed by atoms with Gasteiger partial charge in [0.15, 0.2) is 0 Å². The normalized spacial score (nSPS) is 13.2. The number of hydrogen-bond donors (Lipinski definition) is 3. The largest absolute Gasteiger partial charge is 0.477 e. The minimum atomic E-state index is -1.23. The number of aromatic nitrogens is 1. The van der Waals surface area contributed by atoms with Crippen molar-refractivity contribution in [3.05, 3.63) is 42.7 Å². The lowest BCUT2D eigenvalue weighted by Crippen LogP contribution is -2.24. The zero-order valence-electron chi connectivity index (χ0n) is 14.2. The number of aromatic carboxylic acids is 1. The smallest absolute Gasteiger partial charge is 0.341 e. The minimum Gasteiger partial charge on any atom is -0.477 e. The van der Waals surface area contributed by atoms with Crippen LogP contribution in [0, 0.1) is 8.99 Å². The van der Waals surface area contributed by atoms with Gasteiger partial charge in [-0.15, -0.1) is 0 Å². The first kappa shape index (κ1) is 18.9. The van der Waals surface area contributed by atoms with E-state index < -0.39 is 11.4 Å². The SMILES string of the molecule is CCc1c(I)c(C(CO)C(C)(C)C)cc2[nH]cc(C(=O)O)c(=O)c12. The van der Waals surface area contributed by atoms with Crippen molar-refractivity contribution in [1.82, 2.24) is 4.98 Å². The summed E-state index contributed by atoms with van der Waals surface area (Å²) in [5.41, 5.74) is 1.56. The third-order valence-corrected chi connectivity index (χ3v) is 5.69. The van der Waals surface area contributed by atoms with Crippen LogP contribution in [0.1, 0.15) is 55.1 Å². The van der Waals surface area contributed by atoms with Crippen LogP contribution in [-0.4, -0.2) is 27.8 Å². The van der Waals surface area contributed by atoms with Crippen molar-refractivity contribution in [1.29, 1.82) is 0 Å². The molecule has 130 valence electrons. The van der Waals surface area contributed by atoms with Crippen molar-refractivity contribution in [3.8, 4) is 0 Å². The fourth-order valence-electron chi connectivity index (χ4n) is 3.04. The Morgan fingerprint density at radius 2 is 2.00 bits per heavy atom. The summed E-state index contributed by atoms with van der Waals surface area (Å²) in [6.07, 6.45) is 1.85. The Hall–Kier alpha value is -1.41. The van der Waals surface area contributed by atoms with Crippen LogP contribution in [0.25, 0.3) is 10.9 Å². The fourth-order valence-corrected chi connectivity index (χ4v) is 4.23. The van der Waals surface area contributed by atoms with Crippen molar-refractivity contribution in [2.24, 2.45) is 5.41 Å². The van der Waals surface area contributed by atoms with Gasteiger partial charge in [0.25, 0.3) is 0 Å². The average Bonchev–Trinajstić information content (AvgIpc) is 2.47. The number of H-pyrrole nitrogens is 1. The Bertz CT molecular complexity index is 849. The van der Waals surface area contributed by atoms with E-state index >= 15 is 0 Å². The van der Waals surface area contributed by atoms with E-state index in [2.05, 4.69) is 48.3 Å². The summed E-state index contributed by atoms with van der Waals surface area (Å²) >= 11 is 2.20. The molecule has 1 unspecified atom stereocenters. The van der Waals surface area contributed by atoms with Gasteiger partial charge in [0, 0.05) is 21.2 Å². The van der Waals surface area contributed by atoms with Crippen LogP contribution in [0.5, 0.6) is 0 Å². The van der Waals surface area contributed by atoms with Gasteiger partial charge in [-0.1, -0.05) is 27.7 Å². The van der Waals surface area contributed by atoms with E-state index in [0.29, 0.717) is 17.3 Å². The summed E-state index contributed by atoms with van der Waals surface area (Å²) in [4.78, 5) is 26.8. The standard InChI is InChI=1S/C18H22INO4/c1-5-9-14-13(20-7-11(16(14)22)17(23)24)6-10(15(9)19)12(8-21)18(2,3)4/h6-7,12,21H,5,8H2,1-4H3,(H,20,22)(H,23,24). The maximum Gasteiger partial charge on any atom is 0.341 e. The summed E-state index contributed by atoms with van der Waals surface area (Å²) < 4.78 is 0.921. The Balaban J connectivity index is 2.90. The summed E-state index contributed by atoms with van der Waals surface area (Å²) in [6.45, 7) is 8.15. The number of nitrogens with one attached hydrogen (secondary N) is 1. The molecule has 2 aromatic rings. The molecule has 0 saturated heterocycles. The molecule has 0 radical (unpaired) electrons. The fraction of sp³-hybridized carbons (Fsp3) is 0.444. The van der Waals surface area contributed by atoms with Crippen molar-refractivity contribution in [3.63, 3.8) is 0 Å². The van der Waals surface area contributed by atoms with Gasteiger partial charge in [0.2, 0.25) is 5.43 Å². The molecule has 0 amide bonds. The lowest BCUT2D eigenvalue weighted by molar-refractivity contribution is 0.0695. The molecule has 6 heteroatoms. The Morgan fingerprint density at radius 1 is 1.38 bits per heavy atom. The highest BCUT2D eigenvalue weighted by Crippen LogP contribution is 2.39. The van der Waals surface area contributed by atoms with Crippen molar-refractivity contribution >= 4 is 39.5 Å². The van der Waals surface area contributed by atoms with Crippen molar-refractivity contribution in [2.75, 3.05) is 6.61 Å². The highest BCUT2D eigenvalue weighted by molar-refractivity contribution is 14.1. The molecule has 2 rings (SSSR count). The van der Waals surface area contributed by atoms with Crippen LogP contribution in [0.3, 0.4) is 0 Å². The molecule has 3 N–H and O–H groups in total. The molecule has 0 fully saturated rings. The average molecular weight is 443 g/mol. The van der Waals surface area contributed by atoms with E-state index in [1.54, 1.807) is 0 Å². The molecule has 0 aliphatic heterocycles. The van der Waals surface area contributed by atoms with Crippen LogP contribution < -0.4 is 5.43 Å². The molecular weight excluding hydrogens is 421 g/mol. The van der Waals surface area contributed by atoms with E-state index in [0.717, 1.165) is 14.7 Å². The van der Waals surface area contributed by atoms with Crippen LogP contribution >= 0.6 is 22.6 Å². The van der Waals surface area contributed by atoms with E-state index in [1.807, 2.05) is 13.0 Å². The van der Waals surface area contributed by atoms with E-state index in [4.69, 9.17) is 0 Å². The van der Waals surface area contributed by atoms with Gasteiger partial charge in [0.1, 0.15) is 5.56 Å². The number of carboxylic acid groups (broad SMARTS) is 1. The Morgan fingerprint density at radius 3 is 2.46 bits per heavy atom. The van der Waals surface area contributed by atoms with Crippen molar-refractivity contribution in [2.45, 2.75) is 40.0 Å². The zero-order chi connectivity index (χ0) is 18.2. The number of halogens is 1. The topological polar surface area (TPSA) is 90.4 Å². The second-order valence-electron chi connectivity index (χ2n) is 6.97. The van der Waals surface area contributed by atoms with Crippen LogP contribution in [0.2, 0.25) is 0 Å². The predicted molar refractivity (Wildman–Crippen MR) is 103 cm³/mol. The molecule has 1 heterocycles. The lowest BCUT2D eigenvalue weighted by Gasteiger charge is -2.31.